The van der Waals surface area contributed by atoms with Crippen LogP contribution in [0.3, 0.4) is 0 Å². The predicted molar refractivity (Wildman–Crippen MR) is 52.1 cm³/mol. The molecule has 3 N–H and O–H groups in total. The Bertz CT molecular complexity index is 240. The minimum absolute atomic E-state index is 0. The lowest BCUT2D eigenvalue weighted by Gasteiger charge is -2.27. The van der Waals surface area contributed by atoms with Crippen LogP contribution in [0.5, 0.6) is 0 Å². The van der Waals surface area contributed by atoms with E-state index >= 15 is 0 Å². The van der Waals surface area contributed by atoms with Crippen molar-refractivity contribution in [1.82, 2.24) is 15.5 Å². The number of hydrogen-bond acceptors (Lipinski definition) is 3. The molecule has 0 amide bonds. The van der Waals surface area contributed by atoms with E-state index in [0.29, 0.717) is 0 Å². The summed E-state index contributed by atoms with van der Waals surface area (Å²) in [5.41, 5.74) is 1.09. The summed E-state index contributed by atoms with van der Waals surface area (Å²) in [6, 6.07) is 0. The summed E-state index contributed by atoms with van der Waals surface area (Å²) in [6.45, 7) is 1.76. The first-order chi connectivity index (χ1) is 5.88. The van der Waals surface area contributed by atoms with Crippen molar-refractivity contribution >= 4 is 12.4 Å². The summed E-state index contributed by atoms with van der Waals surface area (Å²) < 4.78 is 0. The molecule has 1 saturated heterocycles. The van der Waals surface area contributed by atoms with Gasteiger partial charge in [-0.2, -0.15) is 5.10 Å². The molecule has 0 saturated carbocycles. The summed E-state index contributed by atoms with van der Waals surface area (Å²) in [7, 11) is 0. The first-order valence-corrected chi connectivity index (χ1v) is 4.25. The standard InChI is InChI=1S/C8H13N3O.ClH/c12-8-1-2-9-5-7(8)6-3-10-11-4-6;/h3-4,7-9,12H,1-2,5H2,(H,10,11);1H. The van der Waals surface area contributed by atoms with Crippen molar-refractivity contribution in [3.05, 3.63) is 18.0 Å². The van der Waals surface area contributed by atoms with E-state index in [0.717, 1.165) is 25.1 Å². The Morgan fingerprint density at radius 3 is 3.00 bits per heavy atom. The normalized spacial score (nSPS) is 28.1. The van der Waals surface area contributed by atoms with Crippen molar-refractivity contribution < 1.29 is 5.11 Å². The van der Waals surface area contributed by atoms with Crippen molar-refractivity contribution in [2.24, 2.45) is 0 Å². The second-order valence-corrected chi connectivity index (χ2v) is 3.20. The van der Waals surface area contributed by atoms with E-state index in [1.54, 1.807) is 6.20 Å². The Labute approximate surface area is 83.1 Å². The number of piperidine rings is 1. The van der Waals surface area contributed by atoms with Crippen molar-refractivity contribution in [1.29, 1.82) is 0 Å². The van der Waals surface area contributed by atoms with E-state index in [2.05, 4.69) is 15.5 Å². The van der Waals surface area contributed by atoms with Crippen LogP contribution in [0.15, 0.2) is 12.4 Å². The van der Waals surface area contributed by atoms with Gasteiger partial charge in [0.25, 0.3) is 0 Å². The van der Waals surface area contributed by atoms with Gasteiger partial charge in [0, 0.05) is 18.7 Å². The van der Waals surface area contributed by atoms with E-state index in [1.807, 2.05) is 6.20 Å². The monoisotopic (exact) mass is 203 g/mol. The maximum atomic E-state index is 9.66. The summed E-state index contributed by atoms with van der Waals surface area (Å²) >= 11 is 0. The van der Waals surface area contributed by atoms with Crippen molar-refractivity contribution in [2.45, 2.75) is 18.4 Å². The zero-order chi connectivity index (χ0) is 8.39. The first-order valence-electron chi connectivity index (χ1n) is 4.25. The molecule has 0 radical (unpaired) electrons. The molecule has 0 bridgehead atoms. The highest BCUT2D eigenvalue weighted by atomic mass is 35.5. The molecule has 2 unspecified atom stereocenters. The van der Waals surface area contributed by atoms with Gasteiger partial charge in [0.1, 0.15) is 0 Å². The van der Waals surface area contributed by atoms with E-state index in [-0.39, 0.29) is 24.4 Å². The fraction of sp³-hybridized carbons (Fsp3) is 0.625. The van der Waals surface area contributed by atoms with Gasteiger partial charge >= 0.3 is 0 Å². The number of rotatable bonds is 1. The van der Waals surface area contributed by atoms with Gasteiger partial charge in [-0.1, -0.05) is 0 Å². The molecule has 1 aromatic rings. The molecular weight excluding hydrogens is 190 g/mol. The molecule has 13 heavy (non-hydrogen) atoms. The van der Waals surface area contributed by atoms with Gasteiger partial charge in [0.2, 0.25) is 0 Å². The highest BCUT2D eigenvalue weighted by molar-refractivity contribution is 5.85. The lowest BCUT2D eigenvalue weighted by atomic mass is 9.91. The number of nitrogens with zero attached hydrogens (tertiary/aromatic N) is 1. The molecule has 74 valence electrons. The van der Waals surface area contributed by atoms with Crippen LogP contribution in [0, 0.1) is 0 Å². The summed E-state index contributed by atoms with van der Waals surface area (Å²) in [5, 5.41) is 19.5. The lowest BCUT2D eigenvalue weighted by Crippen LogP contribution is -2.38. The number of aromatic amines is 1. The lowest BCUT2D eigenvalue weighted by molar-refractivity contribution is 0.114. The Morgan fingerprint density at radius 2 is 2.38 bits per heavy atom. The molecule has 4 nitrogen and oxygen atoms in total. The van der Waals surface area contributed by atoms with Crippen molar-refractivity contribution in [3.8, 4) is 0 Å². The largest absolute Gasteiger partial charge is 0.392 e. The van der Waals surface area contributed by atoms with Crippen LogP contribution in [-0.2, 0) is 0 Å². The molecular formula is C8H14ClN3O. The van der Waals surface area contributed by atoms with Gasteiger partial charge < -0.3 is 10.4 Å². The maximum Gasteiger partial charge on any atom is 0.0634 e. The SMILES string of the molecule is Cl.OC1CCNCC1c1cn[nH]c1. The van der Waals surface area contributed by atoms with Crippen LogP contribution in [-0.4, -0.2) is 34.5 Å². The second kappa shape index (κ2) is 4.60. The summed E-state index contributed by atoms with van der Waals surface area (Å²) in [4.78, 5) is 0. The highest BCUT2D eigenvalue weighted by Crippen LogP contribution is 2.22. The fourth-order valence-corrected chi connectivity index (χ4v) is 1.65. The van der Waals surface area contributed by atoms with E-state index in [4.69, 9.17) is 0 Å². The third-order valence-electron chi connectivity index (χ3n) is 2.39. The zero-order valence-corrected chi connectivity index (χ0v) is 8.05. The molecule has 0 aromatic carbocycles. The number of aliphatic hydroxyl groups is 1. The van der Waals surface area contributed by atoms with Gasteiger partial charge in [-0.15, -0.1) is 12.4 Å². The Balaban J connectivity index is 0.000000845. The third kappa shape index (κ3) is 2.21. The molecule has 1 aliphatic rings. The Kier molecular flexibility index (Phi) is 3.71. The van der Waals surface area contributed by atoms with Gasteiger partial charge in [0.15, 0.2) is 0 Å². The molecule has 1 fully saturated rings. The fourth-order valence-electron chi connectivity index (χ4n) is 1.65. The minimum atomic E-state index is -0.219. The number of aromatic nitrogens is 2. The third-order valence-corrected chi connectivity index (χ3v) is 2.39. The molecule has 2 atom stereocenters. The second-order valence-electron chi connectivity index (χ2n) is 3.20. The van der Waals surface area contributed by atoms with Crippen molar-refractivity contribution in [2.75, 3.05) is 13.1 Å². The summed E-state index contributed by atoms with van der Waals surface area (Å²) in [5.74, 6) is 0.206. The number of hydrogen-bond donors (Lipinski definition) is 3. The molecule has 2 heterocycles. The van der Waals surface area contributed by atoms with Gasteiger partial charge in [0.05, 0.1) is 12.3 Å². The van der Waals surface area contributed by atoms with Crippen LogP contribution in [0.1, 0.15) is 17.9 Å². The van der Waals surface area contributed by atoms with Crippen LogP contribution in [0.2, 0.25) is 0 Å². The average molecular weight is 204 g/mol. The Morgan fingerprint density at radius 1 is 1.54 bits per heavy atom. The molecule has 0 aliphatic carbocycles. The number of halogens is 1. The van der Waals surface area contributed by atoms with Gasteiger partial charge in [-0.3, -0.25) is 5.10 Å². The van der Waals surface area contributed by atoms with Crippen LogP contribution < -0.4 is 5.32 Å². The molecule has 1 aromatic heterocycles. The van der Waals surface area contributed by atoms with Gasteiger partial charge in [-0.25, -0.2) is 0 Å². The van der Waals surface area contributed by atoms with E-state index < -0.39 is 0 Å². The van der Waals surface area contributed by atoms with Crippen molar-refractivity contribution in [3.63, 3.8) is 0 Å². The van der Waals surface area contributed by atoms with Crippen LogP contribution in [0.4, 0.5) is 0 Å². The van der Waals surface area contributed by atoms with Crippen LogP contribution in [0.25, 0.3) is 0 Å². The number of H-pyrrole nitrogens is 1. The van der Waals surface area contributed by atoms with E-state index in [9.17, 15) is 5.11 Å². The molecule has 1 aliphatic heterocycles. The molecule has 5 heteroatoms. The number of nitrogens with one attached hydrogen (secondary N) is 2. The predicted octanol–water partition coefficient (Wildman–Crippen LogP) is 0.269. The number of aliphatic hydroxyl groups excluding tert-OH is 1. The smallest absolute Gasteiger partial charge is 0.0634 e. The summed E-state index contributed by atoms with van der Waals surface area (Å²) in [6.07, 6.45) is 4.24. The maximum absolute atomic E-state index is 9.66. The topological polar surface area (TPSA) is 60.9 Å². The molecule has 0 spiro atoms. The molecule has 2 rings (SSSR count). The highest BCUT2D eigenvalue weighted by Gasteiger charge is 2.24. The minimum Gasteiger partial charge on any atom is -0.392 e. The average Bonchev–Trinajstić information content (AvgIpc) is 2.57. The van der Waals surface area contributed by atoms with E-state index in [1.165, 1.54) is 0 Å². The first kappa shape index (κ1) is 10.5. The Hall–Kier alpha value is -0.580. The zero-order valence-electron chi connectivity index (χ0n) is 7.23. The van der Waals surface area contributed by atoms with Gasteiger partial charge in [-0.05, 0) is 18.5 Å². The quantitative estimate of drug-likeness (QED) is 0.614. The van der Waals surface area contributed by atoms with Crippen LogP contribution >= 0.6 is 12.4 Å².